The highest BCUT2D eigenvalue weighted by atomic mass is 16.5. The summed E-state index contributed by atoms with van der Waals surface area (Å²) < 4.78 is 7.37. The molecule has 0 unspecified atom stereocenters. The summed E-state index contributed by atoms with van der Waals surface area (Å²) in [6, 6.07) is 17.6. The molecule has 2 aromatic carbocycles. The summed E-state index contributed by atoms with van der Waals surface area (Å²) in [7, 11) is 1.93. The van der Waals surface area contributed by atoms with E-state index in [-0.39, 0.29) is 12.1 Å². The Hall–Kier alpha value is -3.16. The standard InChI is InChI=1S/C24H29N5O2/c1-28-12-11-25-23(28)22(19-7-3-2-4-8-19)27-24(30)26-17-20-9-5-6-10-21(20)18-29-13-15-31-16-14-29/h2-12,22H,13-18H2,1H3,(H2,26,27,30)/t22-/m0/s1. The van der Waals surface area contributed by atoms with E-state index >= 15 is 0 Å². The van der Waals surface area contributed by atoms with Crippen LogP contribution in [0.4, 0.5) is 4.79 Å². The third kappa shape index (κ3) is 5.51. The van der Waals surface area contributed by atoms with Crippen molar-refractivity contribution in [2.45, 2.75) is 19.1 Å². The number of amides is 2. The van der Waals surface area contributed by atoms with Crippen molar-refractivity contribution >= 4 is 6.03 Å². The zero-order chi connectivity index (χ0) is 21.5. The van der Waals surface area contributed by atoms with Crippen LogP contribution in [-0.2, 0) is 24.9 Å². The smallest absolute Gasteiger partial charge is 0.315 e. The molecule has 2 N–H and O–H groups in total. The predicted molar refractivity (Wildman–Crippen MR) is 119 cm³/mol. The van der Waals surface area contributed by atoms with Gasteiger partial charge >= 0.3 is 6.03 Å². The van der Waals surface area contributed by atoms with Gasteiger partial charge in [0.05, 0.1) is 13.2 Å². The summed E-state index contributed by atoms with van der Waals surface area (Å²) in [5.41, 5.74) is 3.34. The zero-order valence-electron chi connectivity index (χ0n) is 17.8. The molecule has 2 heterocycles. The van der Waals surface area contributed by atoms with Gasteiger partial charge in [0.1, 0.15) is 11.9 Å². The van der Waals surface area contributed by atoms with Gasteiger partial charge in [-0.1, -0.05) is 54.6 Å². The van der Waals surface area contributed by atoms with Gasteiger partial charge in [0.25, 0.3) is 0 Å². The van der Waals surface area contributed by atoms with E-state index in [2.05, 4.69) is 32.7 Å². The van der Waals surface area contributed by atoms with Crippen molar-refractivity contribution in [2.24, 2.45) is 7.05 Å². The Balaban J connectivity index is 1.42. The first kappa shape index (κ1) is 21.1. The highest BCUT2D eigenvalue weighted by Gasteiger charge is 2.20. The van der Waals surface area contributed by atoms with Crippen LogP contribution in [-0.4, -0.2) is 46.8 Å². The molecule has 0 saturated carbocycles. The van der Waals surface area contributed by atoms with Crippen LogP contribution in [0.15, 0.2) is 67.0 Å². The second-order valence-electron chi connectivity index (χ2n) is 7.72. The Morgan fingerprint density at radius 1 is 1.06 bits per heavy atom. The molecule has 0 aliphatic carbocycles. The molecule has 1 fully saturated rings. The lowest BCUT2D eigenvalue weighted by Crippen LogP contribution is -2.39. The van der Waals surface area contributed by atoms with Crippen molar-refractivity contribution in [1.82, 2.24) is 25.1 Å². The van der Waals surface area contributed by atoms with E-state index in [9.17, 15) is 4.79 Å². The molecule has 1 atom stereocenters. The van der Waals surface area contributed by atoms with E-state index < -0.39 is 0 Å². The second-order valence-corrected chi connectivity index (χ2v) is 7.72. The lowest BCUT2D eigenvalue weighted by Gasteiger charge is -2.27. The van der Waals surface area contributed by atoms with Crippen LogP contribution in [0.2, 0.25) is 0 Å². The molecule has 1 saturated heterocycles. The second kappa shape index (κ2) is 10.2. The van der Waals surface area contributed by atoms with Crippen molar-refractivity contribution in [2.75, 3.05) is 26.3 Å². The number of rotatable bonds is 7. The minimum Gasteiger partial charge on any atom is -0.379 e. The largest absolute Gasteiger partial charge is 0.379 e. The summed E-state index contributed by atoms with van der Waals surface area (Å²) >= 11 is 0. The van der Waals surface area contributed by atoms with Crippen LogP contribution in [0.1, 0.15) is 28.6 Å². The van der Waals surface area contributed by atoms with Crippen molar-refractivity contribution < 1.29 is 9.53 Å². The van der Waals surface area contributed by atoms with Gasteiger partial charge in [0.2, 0.25) is 0 Å². The minimum absolute atomic E-state index is 0.224. The van der Waals surface area contributed by atoms with Gasteiger partial charge < -0.3 is 19.9 Å². The Labute approximate surface area is 183 Å². The summed E-state index contributed by atoms with van der Waals surface area (Å²) in [4.78, 5) is 19.7. The summed E-state index contributed by atoms with van der Waals surface area (Å²) in [6.45, 7) is 4.75. The van der Waals surface area contributed by atoms with E-state index in [1.54, 1.807) is 6.20 Å². The number of hydrogen-bond acceptors (Lipinski definition) is 4. The van der Waals surface area contributed by atoms with Gasteiger partial charge in [0.15, 0.2) is 0 Å². The van der Waals surface area contributed by atoms with Gasteiger partial charge in [-0.25, -0.2) is 9.78 Å². The Morgan fingerprint density at radius 2 is 1.77 bits per heavy atom. The van der Waals surface area contributed by atoms with Gasteiger partial charge in [0, 0.05) is 45.6 Å². The lowest BCUT2D eigenvalue weighted by molar-refractivity contribution is 0.0341. The molecular formula is C24H29N5O2. The first-order chi connectivity index (χ1) is 15.2. The number of carbonyl (C=O) groups excluding carboxylic acids is 1. The van der Waals surface area contributed by atoms with Crippen molar-refractivity contribution in [1.29, 1.82) is 0 Å². The minimum atomic E-state index is -0.329. The van der Waals surface area contributed by atoms with Crippen LogP contribution in [0, 0.1) is 0 Å². The predicted octanol–water partition coefficient (Wildman–Crippen LogP) is 2.84. The molecular weight excluding hydrogens is 390 g/mol. The fourth-order valence-electron chi connectivity index (χ4n) is 3.84. The molecule has 4 rings (SSSR count). The number of morpholine rings is 1. The number of urea groups is 1. The van der Waals surface area contributed by atoms with E-state index in [0.29, 0.717) is 6.54 Å². The van der Waals surface area contributed by atoms with Crippen LogP contribution in [0.3, 0.4) is 0 Å². The molecule has 1 aromatic heterocycles. The maximum Gasteiger partial charge on any atom is 0.315 e. The van der Waals surface area contributed by atoms with Crippen LogP contribution in [0.5, 0.6) is 0 Å². The number of imidazole rings is 1. The fraction of sp³-hybridized carbons (Fsp3) is 0.333. The zero-order valence-corrected chi connectivity index (χ0v) is 17.8. The molecule has 31 heavy (non-hydrogen) atoms. The number of carbonyl (C=O) groups is 1. The number of hydrogen-bond donors (Lipinski definition) is 2. The topological polar surface area (TPSA) is 71.4 Å². The summed E-state index contributed by atoms with van der Waals surface area (Å²) in [5, 5.41) is 6.12. The molecule has 0 radical (unpaired) electrons. The van der Waals surface area contributed by atoms with Crippen LogP contribution >= 0.6 is 0 Å². The van der Waals surface area contributed by atoms with Crippen molar-refractivity contribution in [3.8, 4) is 0 Å². The quantitative estimate of drug-likeness (QED) is 0.618. The average Bonchev–Trinajstić information content (AvgIpc) is 3.23. The van der Waals surface area contributed by atoms with Gasteiger partial charge in [-0.3, -0.25) is 4.90 Å². The Morgan fingerprint density at radius 3 is 2.48 bits per heavy atom. The number of nitrogens with one attached hydrogen (secondary N) is 2. The molecule has 7 heteroatoms. The Bertz CT molecular complexity index is 982. The molecule has 2 amide bonds. The normalized spacial score (nSPS) is 15.4. The molecule has 162 valence electrons. The fourth-order valence-corrected chi connectivity index (χ4v) is 3.84. The molecule has 7 nitrogen and oxygen atoms in total. The van der Waals surface area contributed by atoms with Crippen molar-refractivity contribution in [3.05, 3.63) is 89.5 Å². The number of ether oxygens (including phenoxy) is 1. The van der Waals surface area contributed by atoms with Crippen molar-refractivity contribution in [3.63, 3.8) is 0 Å². The van der Waals surface area contributed by atoms with Gasteiger partial charge in [-0.15, -0.1) is 0 Å². The van der Waals surface area contributed by atoms with Crippen LogP contribution < -0.4 is 10.6 Å². The highest BCUT2D eigenvalue weighted by Crippen LogP contribution is 2.20. The van der Waals surface area contributed by atoms with Gasteiger partial charge in [-0.2, -0.15) is 0 Å². The summed E-state index contributed by atoms with van der Waals surface area (Å²) in [5.74, 6) is 0.786. The first-order valence-electron chi connectivity index (χ1n) is 10.6. The monoisotopic (exact) mass is 419 g/mol. The number of aromatic nitrogens is 2. The molecule has 1 aliphatic heterocycles. The molecule has 0 bridgehead atoms. The van der Waals surface area contributed by atoms with E-state index in [0.717, 1.165) is 49.8 Å². The molecule has 3 aromatic rings. The third-order valence-corrected chi connectivity index (χ3v) is 5.58. The lowest BCUT2D eigenvalue weighted by atomic mass is 10.1. The van der Waals surface area contributed by atoms with E-state index in [4.69, 9.17) is 4.74 Å². The maximum absolute atomic E-state index is 12.8. The summed E-state index contributed by atoms with van der Waals surface area (Å²) in [6.07, 6.45) is 3.62. The maximum atomic E-state index is 12.8. The third-order valence-electron chi connectivity index (χ3n) is 5.58. The number of nitrogens with zero attached hydrogens (tertiary/aromatic N) is 3. The molecule has 1 aliphatic rings. The molecule has 0 spiro atoms. The SMILES string of the molecule is Cn1ccnc1[C@@H](NC(=O)NCc1ccccc1CN1CCOCC1)c1ccccc1. The average molecular weight is 420 g/mol. The van der Waals surface area contributed by atoms with Crippen LogP contribution in [0.25, 0.3) is 0 Å². The highest BCUT2D eigenvalue weighted by molar-refractivity contribution is 5.75. The Kier molecular flexibility index (Phi) is 6.96. The van der Waals surface area contributed by atoms with E-state index in [1.165, 1.54) is 5.56 Å². The van der Waals surface area contributed by atoms with Gasteiger partial charge in [-0.05, 0) is 16.7 Å². The van der Waals surface area contributed by atoms with E-state index in [1.807, 2.05) is 60.3 Å². The first-order valence-corrected chi connectivity index (χ1v) is 10.6. The number of benzene rings is 2. The number of aryl methyl sites for hydroxylation is 1.